The van der Waals surface area contributed by atoms with Crippen molar-refractivity contribution in [1.82, 2.24) is 44.3 Å². The van der Waals surface area contributed by atoms with Crippen molar-refractivity contribution in [2.75, 3.05) is 24.6 Å². The summed E-state index contributed by atoms with van der Waals surface area (Å²) in [5.74, 6) is -2.64. The summed E-state index contributed by atoms with van der Waals surface area (Å²) in [6.45, 7) is -1.86. The van der Waals surface area contributed by atoms with Gasteiger partial charge in [-0.1, -0.05) is 11.6 Å². The molecule has 49 heavy (non-hydrogen) atoms. The number of hydrogen-bond acceptors (Lipinski definition) is 10. The van der Waals surface area contributed by atoms with E-state index in [9.17, 15) is 46.2 Å². The number of pyridine rings is 1. The molecule has 0 spiro atoms. The van der Waals surface area contributed by atoms with E-state index in [0.29, 0.717) is 9.59 Å². The van der Waals surface area contributed by atoms with Gasteiger partial charge in [0, 0.05) is 36.3 Å². The lowest BCUT2D eigenvalue weighted by molar-refractivity contribution is -0.207. The number of nitrogens with zero attached hydrogens (tertiary/aromatic N) is 8. The molecule has 4 heterocycles. The fourth-order valence-corrected chi connectivity index (χ4v) is 6.37. The number of amides is 2. The number of carbonyl (C=O) groups excluding carboxylic acids is 2. The fraction of sp³-hybridized carbons (Fsp3) is 0.393. The highest BCUT2D eigenvalue weighted by Gasteiger charge is 2.41. The Bertz CT molecular complexity index is 1940. The van der Waals surface area contributed by atoms with Crippen molar-refractivity contribution in [3.05, 3.63) is 75.3 Å². The maximum atomic E-state index is 13.8. The zero-order valence-corrected chi connectivity index (χ0v) is 26.7. The molecule has 2 fully saturated rings. The van der Waals surface area contributed by atoms with Crippen LogP contribution < -0.4 is 11.0 Å². The molecule has 2 unspecified atom stereocenters. The fourth-order valence-electron chi connectivity index (χ4n) is 5.01. The van der Waals surface area contributed by atoms with Crippen LogP contribution in [0.15, 0.2) is 47.4 Å². The van der Waals surface area contributed by atoms with Crippen LogP contribution in [0.2, 0.25) is 5.02 Å². The molecule has 3 aromatic heterocycles. The molecule has 3 atom stereocenters. The predicted molar refractivity (Wildman–Crippen MR) is 167 cm³/mol. The summed E-state index contributed by atoms with van der Waals surface area (Å²) >= 11 is 5.95. The van der Waals surface area contributed by atoms with Gasteiger partial charge in [-0.2, -0.15) is 28.4 Å². The second-order valence-electron chi connectivity index (χ2n) is 11.4. The highest BCUT2D eigenvalue weighted by molar-refractivity contribution is 8.24. The summed E-state index contributed by atoms with van der Waals surface area (Å²) < 4.78 is 76.0. The van der Waals surface area contributed by atoms with Crippen LogP contribution in [0, 0.1) is 0 Å². The SMILES string of the molecule is O=C(NC1CC1F)c1cccnc1-n1nc(Cn2nc(-c3ccc(Cl)cc3)n(C[C@H](O)C(F)(F)F)c2=O)nc1C(=O)N1CCS(O)(O)CC1. The van der Waals surface area contributed by atoms with Gasteiger partial charge in [0.15, 0.2) is 23.6 Å². The van der Waals surface area contributed by atoms with Gasteiger partial charge >= 0.3 is 11.9 Å². The van der Waals surface area contributed by atoms with Crippen molar-refractivity contribution in [2.45, 2.75) is 44.0 Å². The number of benzene rings is 1. The quantitative estimate of drug-likeness (QED) is 0.186. The number of aromatic nitrogens is 7. The van der Waals surface area contributed by atoms with Crippen LogP contribution in [-0.2, 0) is 13.1 Å². The van der Waals surface area contributed by atoms with E-state index in [1.54, 1.807) is 0 Å². The molecular weight excluding hydrogens is 702 g/mol. The monoisotopic (exact) mass is 729 g/mol. The Labute approximate surface area is 280 Å². The minimum atomic E-state index is -5.05. The molecule has 1 aliphatic carbocycles. The highest BCUT2D eigenvalue weighted by Crippen LogP contribution is 2.40. The van der Waals surface area contributed by atoms with Gasteiger partial charge in [-0.25, -0.2) is 23.8 Å². The molecule has 4 N–H and O–H groups in total. The first-order valence-electron chi connectivity index (χ1n) is 14.7. The Morgan fingerprint density at radius 2 is 1.78 bits per heavy atom. The van der Waals surface area contributed by atoms with Crippen LogP contribution in [-0.4, -0.2) is 114 Å². The summed E-state index contributed by atoms with van der Waals surface area (Å²) in [6, 6.07) is 7.81. The highest BCUT2D eigenvalue weighted by atomic mass is 35.5. The van der Waals surface area contributed by atoms with E-state index in [-0.39, 0.29) is 65.4 Å². The molecule has 1 aliphatic heterocycles. The van der Waals surface area contributed by atoms with Crippen LogP contribution in [0.5, 0.6) is 0 Å². The van der Waals surface area contributed by atoms with Crippen LogP contribution in [0.25, 0.3) is 17.2 Å². The minimum absolute atomic E-state index is 0.0473. The standard InChI is InChI=1S/C28H28ClF4N9O6S/c29-16-5-3-15(4-6-16)22-38-41(27(46)40(22)13-20(43)28(31,32)33)14-21-36-24(26(45)39-8-10-49(47,48)11-9-39)42(37-21)23-17(2-1-7-34-23)25(44)35-19-12-18(19)30/h1-7,18-20,43,47-48H,8-14H2,(H,35,44)/t18?,19?,20-/m0/s1. The van der Waals surface area contributed by atoms with Crippen molar-refractivity contribution in [3.8, 4) is 17.2 Å². The van der Waals surface area contributed by atoms with E-state index in [2.05, 4.69) is 25.5 Å². The summed E-state index contributed by atoms with van der Waals surface area (Å²) in [5, 5.41) is 21.2. The van der Waals surface area contributed by atoms with Crippen molar-refractivity contribution < 1.29 is 41.4 Å². The van der Waals surface area contributed by atoms with Gasteiger partial charge in [0.25, 0.3) is 11.8 Å². The van der Waals surface area contributed by atoms with Gasteiger partial charge in [-0.15, -0.1) is 10.2 Å². The molecule has 21 heteroatoms. The molecule has 0 radical (unpaired) electrons. The van der Waals surface area contributed by atoms with E-state index in [0.717, 1.165) is 9.36 Å². The van der Waals surface area contributed by atoms with Crippen LogP contribution in [0.4, 0.5) is 17.6 Å². The van der Waals surface area contributed by atoms with Crippen LogP contribution in [0.1, 0.15) is 33.2 Å². The first-order valence-corrected chi connectivity index (χ1v) is 16.9. The molecule has 1 saturated carbocycles. The molecule has 1 saturated heterocycles. The molecule has 1 aromatic carbocycles. The molecule has 0 bridgehead atoms. The number of nitrogens with one attached hydrogen (secondary N) is 1. The minimum Gasteiger partial charge on any atom is -0.382 e. The Balaban J connectivity index is 1.41. The van der Waals surface area contributed by atoms with Crippen molar-refractivity contribution in [1.29, 1.82) is 0 Å². The second-order valence-corrected chi connectivity index (χ2v) is 14.3. The molecule has 6 rings (SSSR count). The molecule has 262 valence electrons. The summed E-state index contributed by atoms with van der Waals surface area (Å²) in [5.41, 5.74) is -0.954. The smallest absolute Gasteiger partial charge is 0.382 e. The number of hydrogen-bond donors (Lipinski definition) is 4. The van der Waals surface area contributed by atoms with Gasteiger partial charge < -0.3 is 15.3 Å². The predicted octanol–water partition coefficient (Wildman–Crippen LogP) is 2.36. The van der Waals surface area contributed by atoms with Crippen molar-refractivity contribution in [3.63, 3.8) is 0 Å². The maximum absolute atomic E-state index is 13.8. The van der Waals surface area contributed by atoms with Crippen LogP contribution in [0.3, 0.4) is 0 Å². The maximum Gasteiger partial charge on any atom is 0.416 e. The number of aliphatic hydroxyl groups excluding tert-OH is 1. The normalized spacial score (nSPS) is 20.1. The van der Waals surface area contributed by atoms with E-state index < -0.39 is 65.7 Å². The molecular formula is C28H28ClF4N9O6S. The molecule has 15 nitrogen and oxygen atoms in total. The average Bonchev–Trinajstić information content (AvgIpc) is 3.44. The van der Waals surface area contributed by atoms with E-state index in [1.807, 2.05) is 0 Å². The molecule has 4 aromatic rings. The zero-order chi connectivity index (χ0) is 35.2. The van der Waals surface area contributed by atoms with Gasteiger partial charge in [0.2, 0.25) is 5.82 Å². The lowest BCUT2D eigenvalue weighted by Crippen LogP contribution is -2.43. The third kappa shape index (κ3) is 7.47. The topological polar surface area (TPSA) is 194 Å². The number of carbonyl (C=O) groups is 2. The van der Waals surface area contributed by atoms with Gasteiger partial charge in [-0.3, -0.25) is 23.3 Å². The van der Waals surface area contributed by atoms with Crippen LogP contribution >= 0.6 is 22.2 Å². The zero-order valence-electron chi connectivity index (χ0n) is 25.2. The lowest BCUT2D eigenvalue weighted by atomic mass is 10.2. The van der Waals surface area contributed by atoms with Crippen molar-refractivity contribution in [2.24, 2.45) is 0 Å². The summed E-state index contributed by atoms with van der Waals surface area (Å²) in [7, 11) is -2.88. The summed E-state index contributed by atoms with van der Waals surface area (Å²) in [6.07, 6.45) is -7.72. The Morgan fingerprint density at radius 1 is 1.10 bits per heavy atom. The average molecular weight is 730 g/mol. The van der Waals surface area contributed by atoms with Gasteiger partial charge in [0.1, 0.15) is 12.7 Å². The second kappa shape index (κ2) is 13.2. The largest absolute Gasteiger partial charge is 0.416 e. The first kappa shape index (κ1) is 34.5. The third-order valence-electron chi connectivity index (χ3n) is 7.82. The number of alkyl halides is 4. The van der Waals surface area contributed by atoms with E-state index in [4.69, 9.17) is 11.6 Å². The number of halogens is 5. The molecule has 2 aliphatic rings. The van der Waals surface area contributed by atoms with Gasteiger partial charge in [0.05, 0.1) is 29.7 Å². The molecule has 2 amide bonds. The Kier molecular flexibility index (Phi) is 9.26. The van der Waals surface area contributed by atoms with Crippen molar-refractivity contribution >= 4 is 34.0 Å². The summed E-state index contributed by atoms with van der Waals surface area (Å²) in [4.78, 5) is 50.1. The Morgan fingerprint density at radius 3 is 2.41 bits per heavy atom. The first-order chi connectivity index (χ1) is 23.1. The third-order valence-corrected chi connectivity index (χ3v) is 9.74. The Hall–Kier alpha value is -4.37. The number of rotatable bonds is 9. The lowest BCUT2D eigenvalue weighted by Gasteiger charge is -2.40. The van der Waals surface area contributed by atoms with E-state index in [1.165, 1.54) is 47.5 Å². The van der Waals surface area contributed by atoms with Gasteiger partial charge in [-0.05, 0) is 36.4 Å². The van der Waals surface area contributed by atoms with E-state index >= 15 is 0 Å². The number of aliphatic hydroxyl groups is 1.